The molecule has 0 radical (unpaired) electrons. The lowest BCUT2D eigenvalue weighted by Crippen LogP contribution is -2.04. The van der Waals surface area contributed by atoms with E-state index in [0.717, 1.165) is 10.0 Å². The van der Waals surface area contributed by atoms with Crippen molar-refractivity contribution in [2.75, 3.05) is 11.1 Å². The molecule has 0 fully saturated rings. The van der Waals surface area contributed by atoms with Crippen LogP contribution in [0, 0.1) is 0 Å². The first-order chi connectivity index (χ1) is 7.75. The fraction of sp³-hybridized carbons (Fsp3) is 0.100. The Hall–Kier alpha value is -1.69. The Balaban J connectivity index is 2.08. The first kappa shape index (κ1) is 10.8. The number of hydrogen-bond acceptors (Lipinski definition) is 5. The smallest absolute Gasteiger partial charge is 0.221 e. The van der Waals surface area contributed by atoms with Gasteiger partial charge >= 0.3 is 0 Å². The average Bonchev–Trinajstić information content (AvgIpc) is 2.32. The van der Waals surface area contributed by atoms with Gasteiger partial charge in [0, 0.05) is 25.1 Å². The van der Waals surface area contributed by atoms with Crippen molar-refractivity contribution in [1.29, 1.82) is 0 Å². The molecule has 0 aliphatic heterocycles. The number of halogens is 1. The summed E-state index contributed by atoms with van der Waals surface area (Å²) in [5.41, 5.74) is 6.63. The van der Waals surface area contributed by atoms with E-state index >= 15 is 0 Å². The lowest BCUT2D eigenvalue weighted by Gasteiger charge is -2.07. The molecule has 0 spiro atoms. The van der Waals surface area contributed by atoms with Crippen molar-refractivity contribution >= 4 is 27.7 Å². The molecule has 0 aromatic carbocycles. The maximum atomic E-state index is 5.50. The number of pyridine rings is 1. The predicted molar refractivity (Wildman–Crippen MR) is 65.7 cm³/mol. The van der Waals surface area contributed by atoms with Gasteiger partial charge in [-0.15, -0.1) is 0 Å². The molecule has 0 unspecified atom stereocenters. The molecule has 6 heteroatoms. The van der Waals surface area contributed by atoms with E-state index in [0.29, 0.717) is 12.4 Å². The first-order valence-corrected chi connectivity index (χ1v) is 5.46. The molecular weight excluding hydrogens is 270 g/mol. The van der Waals surface area contributed by atoms with E-state index in [-0.39, 0.29) is 5.95 Å². The number of nitrogens with one attached hydrogen (secondary N) is 1. The van der Waals surface area contributed by atoms with Crippen molar-refractivity contribution in [1.82, 2.24) is 15.0 Å². The fourth-order valence-electron chi connectivity index (χ4n) is 1.19. The van der Waals surface area contributed by atoms with Crippen LogP contribution < -0.4 is 11.1 Å². The highest BCUT2D eigenvalue weighted by atomic mass is 79.9. The second kappa shape index (κ2) is 4.89. The molecule has 2 heterocycles. The number of anilines is 2. The van der Waals surface area contributed by atoms with Gasteiger partial charge in [0.05, 0.1) is 4.47 Å². The minimum absolute atomic E-state index is 0.250. The number of nitrogens with two attached hydrogens (primary N) is 1. The van der Waals surface area contributed by atoms with Crippen LogP contribution in [-0.2, 0) is 6.54 Å². The second-order valence-electron chi connectivity index (χ2n) is 3.13. The third kappa shape index (κ3) is 2.66. The van der Waals surface area contributed by atoms with E-state index in [1.54, 1.807) is 18.6 Å². The van der Waals surface area contributed by atoms with Crippen molar-refractivity contribution in [3.8, 4) is 0 Å². The highest BCUT2D eigenvalue weighted by Crippen LogP contribution is 2.19. The van der Waals surface area contributed by atoms with Gasteiger partial charge in [-0.2, -0.15) is 4.98 Å². The van der Waals surface area contributed by atoms with Gasteiger partial charge in [-0.3, -0.25) is 4.98 Å². The monoisotopic (exact) mass is 279 g/mol. The molecule has 0 aliphatic carbocycles. The number of aromatic nitrogens is 3. The Morgan fingerprint density at radius 3 is 2.81 bits per heavy atom. The van der Waals surface area contributed by atoms with Gasteiger partial charge in [0.25, 0.3) is 0 Å². The lowest BCUT2D eigenvalue weighted by atomic mass is 10.3. The van der Waals surface area contributed by atoms with Crippen molar-refractivity contribution < 1.29 is 0 Å². The van der Waals surface area contributed by atoms with Gasteiger partial charge in [0.1, 0.15) is 5.82 Å². The highest BCUT2D eigenvalue weighted by molar-refractivity contribution is 9.10. The normalized spacial score (nSPS) is 10.1. The summed E-state index contributed by atoms with van der Waals surface area (Å²) < 4.78 is 0.788. The number of nitrogens with zero attached hydrogens (tertiary/aromatic N) is 3. The molecule has 0 bridgehead atoms. The van der Waals surface area contributed by atoms with Crippen LogP contribution in [0.25, 0.3) is 0 Å². The third-order valence-electron chi connectivity index (χ3n) is 1.97. The maximum absolute atomic E-state index is 5.50. The number of hydrogen-bond donors (Lipinski definition) is 2. The Kier molecular flexibility index (Phi) is 3.31. The van der Waals surface area contributed by atoms with Gasteiger partial charge in [0.2, 0.25) is 5.95 Å². The summed E-state index contributed by atoms with van der Waals surface area (Å²) in [6.45, 7) is 0.664. The van der Waals surface area contributed by atoms with E-state index in [4.69, 9.17) is 5.73 Å². The summed E-state index contributed by atoms with van der Waals surface area (Å²) in [4.78, 5) is 11.9. The molecule has 0 atom stereocenters. The minimum atomic E-state index is 0.250. The van der Waals surface area contributed by atoms with Gasteiger partial charge in [-0.05, 0) is 33.6 Å². The van der Waals surface area contributed by atoms with Crippen molar-refractivity contribution in [2.45, 2.75) is 6.54 Å². The molecule has 2 aromatic rings. The standard InChI is InChI=1S/C10H10BrN5/c11-8-6-15-10(12)16-9(8)14-5-7-1-3-13-4-2-7/h1-4,6H,5H2,(H3,12,14,15,16). The summed E-state index contributed by atoms with van der Waals surface area (Å²) in [7, 11) is 0. The van der Waals surface area contributed by atoms with Crippen LogP contribution in [0.1, 0.15) is 5.56 Å². The molecule has 3 N–H and O–H groups in total. The molecule has 5 nitrogen and oxygen atoms in total. The molecule has 0 amide bonds. The maximum Gasteiger partial charge on any atom is 0.221 e. The SMILES string of the molecule is Nc1ncc(Br)c(NCc2ccncc2)n1. The predicted octanol–water partition coefficient (Wildman–Crippen LogP) is 1.83. The summed E-state index contributed by atoms with van der Waals surface area (Å²) in [5.74, 6) is 0.935. The molecule has 0 aliphatic rings. The molecule has 0 saturated heterocycles. The summed E-state index contributed by atoms with van der Waals surface area (Å²) in [6, 6.07) is 3.87. The molecule has 16 heavy (non-hydrogen) atoms. The third-order valence-corrected chi connectivity index (χ3v) is 2.55. The first-order valence-electron chi connectivity index (χ1n) is 4.66. The topological polar surface area (TPSA) is 76.7 Å². The summed E-state index contributed by atoms with van der Waals surface area (Å²) in [6.07, 6.45) is 5.12. The van der Waals surface area contributed by atoms with Crippen molar-refractivity contribution in [3.05, 3.63) is 40.8 Å². The van der Waals surface area contributed by atoms with E-state index < -0.39 is 0 Å². The van der Waals surface area contributed by atoms with Crippen molar-refractivity contribution in [2.24, 2.45) is 0 Å². The van der Waals surface area contributed by atoms with E-state index in [1.807, 2.05) is 12.1 Å². The quantitative estimate of drug-likeness (QED) is 0.897. The van der Waals surface area contributed by atoms with Crippen LogP contribution in [0.3, 0.4) is 0 Å². The van der Waals surface area contributed by atoms with Gasteiger partial charge in [-0.1, -0.05) is 0 Å². The Morgan fingerprint density at radius 2 is 2.06 bits per heavy atom. The Bertz CT molecular complexity index is 474. The lowest BCUT2D eigenvalue weighted by molar-refractivity contribution is 1.07. The van der Waals surface area contributed by atoms with Crippen LogP contribution in [0.2, 0.25) is 0 Å². The molecule has 82 valence electrons. The van der Waals surface area contributed by atoms with Crippen LogP contribution in [-0.4, -0.2) is 15.0 Å². The Labute approximate surface area is 101 Å². The summed E-state index contributed by atoms with van der Waals surface area (Å²) >= 11 is 3.35. The van der Waals surface area contributed by atoms with Crippen LogP contribution in [0.5, 0.6) is 0 Å². The number of nitrogen functional groups attached to an aromatic ring is 1. The van der Waals surface area contributed by atoms with Crippen molar-refractivity contribution in [3.63, 3.8) is 0 Å². The zero-order valence-electron chi connectivity index (χ0n) is 8.39. The largest absolute Gasteiger partial charge is 0.368 e. The van der Waals surface area contributed by atoms with Gasteiger partial charge in [-0.25, -0.2) is 4.98 Å². The van der Waals surface area contributed by atoms with E-state index in [1.165, 1.54) is 0 Å². The zero-order valence-corrected chi connectivity index (χ0v) is 9.98. The van der Waals surface area contributed by atoms with Crippen LogP contribution in [0.4, 0.5) is 11.8 Å². The highest BCUT2D eigenvalue weighted by Gasteiger charge is 2.02. The molecule has 2 rings (SSSR count). The number of rotatable bonds is 3. The van der Waals surface area contributed by atoms with Crippen LogP contribution >= 0.6 is 15.9 Å². The molecule has 0 saturated carbocycles. The van der Waals surface area contributed by atoms with Crippen LogP contribution in [0.15, 0.2) is 35.2 Å². The second-order valence-corrected chi connectivity index (χ2v) is 3.99. The Morgan fingerprint density at radius 1 is 1.31 bits per heavy atom. The van der Waals surface area contributed by atoms with E-state index in [2.05, 4.69) is 36.2 Å². The summed E-state index contributed by atoms with van der Waals surface area (Å²) in [5, 5.41) is 3.16. The zero-order chi connectivity index (χ0) is 11.4. The fourth-order valence-corrected chi connectivity index (χ4v) is 1.52. The molecule has 2 aromatic heterocycles. The van der Waals surface area contributed by atoms with Gasteiger partial charge in [0.15, 0.2) is 0 Å². The molecular formula is C10H10BrN5. The van der Waals surface area contributed by atoms with E-state index in [9.17, 15) is 0 Å². The minimum Gasteiger partial charge on any atom is -0.368 e. The average molecular weight is 280 g/mol. The van der Waals surface area contributed by atoms with Gasteiger partial charge < -0.3 is 11.1 Å².